The molecule has 0 aliphatic heterocycles. The van der Waals surface area contributed by atoms with Crippen LogP contribution in [-0.2, 0) is 4.74 Å². The number of benzene rings is 1. The molecule has 0 saturated carbocycles. The quantitative estimate of drug-likeness (QED) is 0.726. The van der Waals surface area contributed by atoms with Gasteiger partial charge in [-0.2, -0.15) is 5.10 Å². The van der Waals surface area contributed by atoms with E-state index in [0.717, 1.165) is 5.69 Å². The predicted molar refractivity (Wildman–Crippen MR) is 73.8 cm³/mol. The second-order valence-electron chi connectivity index (χ2n) is 4.09. The van der Waals surface area contributed by atoms with Crippen molar-refractivity contribution in [3.05, 3.63) is 48.3 Å². The zero-order valence-corrected chi connectivity index (χ0v) is 11.0. The highest BCUT2D eigenvalue weighted by molar-refractivity contribution is 5.94. The topological polar surface area (TPSA) is 76.4 Å². The normalized spacial score (nSPS) is 10.4. The Morgan fingerprint density at radius 3 is 2.75 bits per heavy atom. The van der Waals surface area contributed by atoms with E-state index in [4.69, 9.17) is 9.84 Å². The molecule has 0 radical (unpaired) electrons. The van der Waals surface area contributed by atoms with E-state index in [1.54, 1.807) is 23.0 Å². The molecule has 6 heteroatoms. The zero-order chi connectivity index (χ0) is 14.2. The van der Waals surface area contributed by atoms with Crippen LogP contribution in [0.5, 0.6) is 0 Å². The highest BCUT2D eigenvalue weighted by Crippen LogP contribution is 2.08. The van der Waals surface area contributed by atoms with Crippen molar-refractivity contribution in [2.45, 2.75) is 0 Å². The Labute approximate surface area is 117 Å². The summed E-state index contributed by atoms with van der Waals surface area (Å²) in [4.78, 5) is 11.8. The lowest BCUT2D eigenvalue weighted by molar-refractivity contribution is 0.0838. The maximum Gasteiger partial charge on any atom is 0.251 e. The third kappa shape index (κ3) is 3.91. The van der Waals surface area contributed by atoms with Crippen LogP contribution in [0.15, 0.2) is 42.7 Å². The van der Waals surface area contributed by atoms with Crippen LogP contribution in [-0.4, -0.2) is 47.2 Å². The van der Waals surface area contributed by atoms with Crippen molar-refractivity contribution in [1.29, 1.82) is 0 Å². The predicted octanol–water partition coefficient (Wildman–Crippen LogP) is 0.611. The van der Waals surface area contributed by atoms with Gasteiger partial charge in [-0.1, -0.05) is 0 Å². The molecule has 0 bridgehead atoms. The summed E-state index contributed by atoms with van der Waals surface area (Å²) >= 11 is 0. The molecule has 1 heterocycles. The van der Waals surface area contributed by atoms with E-state index >= 15 is 0 Å². The average molecular weight is 275 g/mol. The Hall–Kier alpha value is -2.18. The lowest BCUT2D eigenvalue weighted by atomic mass is 10.2. The summed E-state index contributed by atoms with van der Waals surface area (Å²) in [5.41, 5.74) is 1.49. The molecule has 0 spiro atoms. The van der Waals surface area contributed by atoms with Crippen molar-refractivity contribution in [1.82, 2.24) is 15.1 Å². The van der Waals surface area contributed by atoms with Gasteiger partial charge in [-0.25, -0.2) is 4.68 Å². The van der Waals surface area contributed by atoms with Gasteiger partial charge in [0.05, 0.1) is 25.5 Å². The first-order chi connectivity index (χ1) is 9.81. The standard InChI is InChI=1S/C14H17N3O3/c18-9-11-20-10-7-15-14(19)12-2-4-13(5-3-12)17-8-1-6-16-17/h1-6,8,18H,7,9-11H2,(H,15,19). The van der Waals surface area contributed by atoms with Gasteiger partial charge in [-0.3, -0.25) is 4.79 Å². The highest BCUT2D eigenvalue weighted by Gasteiger charge is 2.05. The molecular formula is C14H17N3O3. The second-order valence-corrected chi connectivity index (χ2v) is 4.09. The van der Waals surface area contributed by atoms with Crippen molar-refractivity contribution in [2.75, 3.05) is 26.4 Å². The number of hydrogen-bond donors (Lipinski definition) is 2. The van der Waals surface area contributed by atoms with Crippen LogP contribution in [0.25, 0.3) is 5.69 Å². The zero-order valence-electron chi connectivity index (χ0n) is 11.0. The fourth-order valence-corrected chi connectivity index (χ4v) is 1.69. The smallest absolute Gasteiger partial charge is 0.251 e. The third-order valence-electron chi connectivity index (χ3n) is 2.67. The molecule has 6 nitrogen and oxygen atoms in total. The molecule has 2 rings (SSSR count). The van der Waals surface area contributed by atoms with Gasteiger partial charge in [0.25, 0.3) is 5.91 Å². The number of nitrogens with one attached hydrogen (secondary N) is 1. The minimum Gasteiger partial charge on any atom is -0.394 e. The van der Waals surface area contributed by atoms with Crippen LogP contribution < -0.4 is 5.32 Å². The molecule has 2 N–H and O–H groups in total. The first-order valence-corrected chi connectivity index (χ1v) is 6.38. The fourth-order valence-electron chi connectivity index (χ4n) is 1.69. The van der Waals surface area contributed by atoms with Crippen LogP contribution in [0.3, 0.4) is 0 Å². The number of rotatable bonds is 7. The number of ether oxygens (including phenoxy) is 1. The molecular weight excluding hydrogens is 258 g/mol. The largest absolute Gasteiger partial charge is 0.394 e. The van der Waals surface area contributed by atoms with E-state index in [-0.39, 0.29) is 19.1 Å². The Morgan fingerprint density at radius 2 is 2.10 bits per heavy atom. The van der Waals surface area contributed by atoms with E-state index in [1.807, 2.05) is 24.4 Å². The van der Waals surface area contributed by atoms with E-state index in [1.165, 1.54) is 0 Å². The number of amides is 1. The Kier molecular flexibility index (Phi) is 5.28. The molecule has 1 aromatic carbocycles. The summed E-state index contributed by atoms with van der Waals surface area (Å²) in [5, 5.41) is 15.4. The van der Waals surface area contributed by atoms with Crippen LogP contribution >= 0.6 is 0 Å². The Morgan fingerprint density at radius 1 is 1.30 bits per heavy atom. The number of carbonyl (C=O) groups is 1. The van der Waals surface area contributed by atoms with Gasteiger partial charge in [0.15, 0.2) is 0 Å². The van der Waals surface area contributed by atoms with Gasteiger partial charge in [-0.05, 0) is 30.3 Å². The first kappa shape index (κ1) is 14.2. The van der Waals surface area contributed by atoms with E-state index < -0.39 is 0 Å². The summed E-state index contributed by atoms with van der Waals surface area (Å²) in [6, 6.07) is 9.02. The molecule has 0 unspecified atom stereocenters. The number of hydrogen-bond acceptors (Lipinski definition) is 4. The molecule has 1 amide bonds. The fraction of sp³-hybridized carbons (Fsp3) is 0.286. The first-order valence-electron chi connectivity index (χ1n) is 6.38. The maximum absolute atomic E-state index is 11.8. The molecule has 0 aliphatic carbocycles. The molecule has 0 saturated heterocycles. The van der Waals surface area contributed by atoms with Crippen LogP contribution in [0.2, 0.25) is 0 Å². The Balaban J connectivity index is 1.85. The minimum atomic E-state index is -0.149. The van der Waals surface area contributed by atoms with E-state index in [9.17, 15) is 4.79 Å². The molecule has 2 aromatic rings. The number of aliphatic hydroxyl groups excluding tert-OH is 1. The van der Waals surface area contributed by atoms with Crippen LogP contribution in [0.1, 0.15) is 10.4 Å². The SMILES string of the molecule is O=C(NCCOCCO)c1ccc(-n2cccn2)cc1. The van der Waals surface area contributed by atoms with Gasteiger partial charge in [0.2, 0.25) is 0 Å². The Bertz CT molecular complexity index is 523. The van der Waals surface area contributed by atoms with Gasteiger partial charge in [-0.15, -0.1) is 0 Å². The van der Waals surface area contributed by atoms with Crippen molar-refractivity contribution in [2.24, 2.45) is 0 Å². The maximum atomic E-state index is 11.8. The monoisotopic (exact) mass is 275 g/mol. The molecule has 106 valence electrons. The van der Waals surface area contributed by atoms with E-state index in [0.29, 0.717) is 18.7 Å². The second kappa shape index (κ2) is 7.42. The number of aromatic nitrogens is 2. The molecule has 0 fully saturated rings. The summed E-state index contributed by atoms with van der Waals surface area (Å²) in [6.45, 7) is 1.08. The minimum absolute atomic E-state index is 0.0111. The number of nitrogens with zero attached hydrogens (tertiary/aromatic N) is 2. The summed E-state index contributed by atoms with van der Waals surface area (Å²) in [6.07, 6.45) is 3.54. The third-order valence-corrected chi connectivity index (χ3v) is 2.67. The lowest BCUT2D eigenvalue weighted by Gasteiger charge is -2.06. The summed E-state index contributed by atoms with van der Waals surface area (Å²) < 4.78 is 6.79. The molecule has 20 heavy (non-hydrogen) atoms. The summed E-state index contributed by atoms with van der Waals surface area (Å²) in [5.74, 6) is -0.149. The lowest BCUT2D eigenvalue weighted by Crippen LogP contribution is -2.27. The molecule has 0 aliphatic rings. The highest BCUT2D eigenvalue weighted by atomic mass is 16.5. The summed E-state index contributed by atoms with van der Waals surface area (Å²) in [7, 11) is 0. The van der Waals surface area contributed by atoms with Gasteiger partial charge < -0.3 is 15.2 Å². The number of carbonyl (C=O) groups excluding carboxylic acids is 1. The van der Waals surface area contributed by atoms with Crippen molar-refractivity contribution in [3.8, 4) is 5.69 Å². The van der Waals surface area contributed by atoms with Gasteiger partial charge in [0, 0.05) is 24.5 Å². The van der Waals surface area contributed by atoms with Crippen LogP contribution in [0, 0.1) is 0 Å². The van der Waals surface area contributed by atoms with E-state index in [2.05, 4.69) is 10.4 Å². The van der Waals surface area contributed by atoms with Crippen molar-refractivity contribution >= 4 is 5.91 Å². The number of aliphatic hydroxyl groups is 1. The molecule has 1 aromatic heterocycles. The molecule has 0 atom stereocenters. The van der Waals surface area contributed by atoms with Crippen molar-refractivity contribution < 1.29 is 14.6 Å². The van der Waals surface area contributed by atoms with Gasteiger partial charge in [0.1, 0.15) is 0 Å². The van der Waals surface area contributed by atoms with Gasteiger partial charge >= 0.3 is 0 Å². The van der Waals surface area contributed by atoms with Crippen molar-refractivity contribution in [3.63, 3.8) is 0 Å². The average Bonchev–Trinajstić information content (AvgIpc) is 3.01. The van der Waals surface area contributed by atoms with Crippen LogP contribution in [0.4, 0.5) is 0 Å².